The third-order valence-corrected chi connectivity index (χ3v) is 2.18. The van der Waals surface area contributed by atoms with Gasteiger partial charge in [-0.2, -0.15) is 0 Å². The van der Waals surface area contributed by atoms with Crippen LogP contribution in [0.25, 0.3) is 0 Å². The highest BCUT2D eigenvalue weighted by Crippen LogP contribution is 2.18. The van der Waals surface area contributed by atoms with Gasteiger partial charge in [-0.3, -0.25) is 0 Å². The molecule has 0 radical (unpaired) electrons. The van der Waals surface area contributed by atoms with Gasteiger partial charge in [0, 0.05) is 4.47 Å². The van der Waals surface area contributed by atoms with Gasteiger partial charge in [-0.05, 0) is 24.4 Å². The highest BCUT2D eigenvalue weighted by Gasteiger charge is 1.98. The Morgan fingerprint density at radius 2 is 2.00 bits per heavy atom. The lowest BCUT2D eigenvalue weighted by Crippen LogP contribution is -1.89. The molecule has 0 aliphatic heterocycles. The van der Waals surface area contributed by atoms with Crippen LogP contribution in [0.4, 0.5) is 10.1 Å². The molecule has 0 bridgehead atoms. The first-order valence-electron chi connectivity index (χ1n) is 4.98. The van der Waals surface area contributed by atoms with Crippen LogP contribution in [0.1, 0.15) is 26.7 Å². The zero-order valence-electron chi connectivity index (χ0n) is 9.19. The van der Waals surface area contributed by atoms with Gasteiger partial charge >= 0.3 is 0 Å². The average molecular weight is 274 g/mol. The second kappa shape index (κ2) is 8.48. The summed E-state index contributed by atoms with van der Waals surface area (Å²) in [5.41, 5.74) is 0.434. The van der Waals surface area contributed by atoms with Crippen LogP contribution in [0.5, 0.6) is 0 Å². The molecular weight excluding hydrogens is 257 g/mol. The van der Waals surface area contributed by atoms with Gasteiger partial charge < -0.3 is 5.32 Å². The first kappa shape index (κ1) is 14.2. The topological polar surface area (TPSA) is 12.0 Å². The number of unbranched alkanes of at least 4 members (excludes halogenated alkanes) is 1. The summed E-state index contributed by atoms with van der Waals surface area (Å²) < 4.78 is 13.6. The number of benzene rings is 1. The molecule has 1 N–H and O–H groups in total. The highest BCUT2D eigenvalue weighted by atomic mass is 79.9. The second-order valence-electron chi connectivity index (χ2n) is 2.97. The minimum atomic E-state index is -0.292. The van der Waals surface area contributed by atoms with Crippen molar-refractivity contribution in [1.82, 2.24) is 0 Å². The normalized spacial score (nSPS) is 8.80. The van der Waals surface area contributed by atoms with E-state index in [4.69, 9.17) is 0 Å². The molecule has 1 aromatic carbocycles. The van der Waals surface area contributed by atoms with Crippen LogP contribution in [0.15, 0.2) is 35.5 Å². The molecule has 0 fully saturated rings. The Kier molecular flexibility index (Phi) is 8.01. The molecule has 0 aliphatic rings. The molecule has 0 saturated carbocycles. The summed E-state index contributed by atoms with van der Waals surface area (Å²) in [6, 6.07) is 4.79. The first-order valence-corrected chi connectivity index (χ1v) is 5.77. The van der Waals surface area contributed by atoms with Crippen LogP contribution in [-0.4, -0.2) is 0 Å². The van der Waals surface area contributed by atoms with Crippen molar-refractivity contribution in [2.45, 2.75) is 26.7 Å². The quantitative estimate of drug-likeness (QED) is 0.822. The van der Waals surface area contributed by atoms with Crippen molar-refractivity contribution in [1.29, 1.82) is 0 Å². The largest absolute Gasteiger partial charge is 0.360 e. The molecule has 0 atom stereocenters. The van der Waals surface area contributed by atoms with Gasteiger partial charge in [-0.15, -0.1) is 0 Å². The highest BCUT2D eigenvalue weighted by molar-refractivity contribution is 9.10. The maximum atomic E-state index is 12.9. The number of hydrogen-bond donors (Lipinski definition) is 1. The number of hydrogen-bond acceptors (Lipinski definition) is 1. The van der Waals surface area contributed by atoms with Gasteiger partial charge in [-0.1, -0.05) is 49.2 Å². The zero-order chi connectivity index (χ0) is 11.7. The lowest BCUT2D eigenvalue weighted by molar-refractivity contribution is 0.631. The average Bonchev–Trinajstić information content (AvgIpc) is 2.23. The molecule has 15 heavy (non-hydrogen) atoms. The molecule has 0 aliphatic carbocycles. The van der Waals surface area contributed by atoms with Crippen LogP contribution in [-0.2, 0) is 0 Å². The molecule has 0 heterocycles. The van der Waals surface area contributed by atoms with Crippen LogP contribution < -0.4 is 5.32 Å². The first-order chi connectivity index (χ1) is 7.15. The van der Waals surface area contributed by atoms with E-state index in [1.165, 1.54) is 25.1 Å². The molecule has 1 nitrogen and oxygen atoms in total. The monoisotopic (exact) mass is 273 g/mol. The van der Waals surface area contributed by atoms with Crippen LogP contribution in [0, 0.1) is 5.82 Å². The molecule has 84 valence electrons. The summed E-state index contributed by atoms with van der Waals surface area (Å²) in [6.45, 7) is 7.79. The second-order valence-corrected chi connectivity index (χ2v) is 3.89. The smallest absolute Gasteiger partial charge is 0.147 e. The zero-order valence-corrected chi connectivity index (χ0v) is 10.8. The predicted molar refractivity (Wildman–Crippen MR) is 68.5 cm³/mol. The van der Waals surface area contributed by atoms with E-state index in [-0.39, 0.29) is 5.82 Å². The van der Waals surface area contributed by atoms with Crippen molar-refractivity contribution in [3.8, 4) is 0 Å². The lowest BCUT2D eigenvalue weighted by atomic mass is 10.3. The predicted octanol–water partition coefficient (Wildman–Crippen LogP) is 4.95. The Hall–Kier alpha value is -0.830. The summed E-state index contributed by atoms with van der Waals surface area (Å²) in [4.78, 5) is 0. The Bertz CT molecular complexity index is 298. The van der Waals surface area contributed by atoms with Gasteiger partial charge in [0.1, 0.15) is 5.82 Å². The molecule has 0 saturated heterocycles. The minimum Gasteiger partial charge on any atom is -0.360 e. The lowest BCUT2D eigenvalue weighted by Gasteiger charge is -2.01. The van der Waals surface area contributed by atoms with E-state index in [9.17, 15) is 4.39 Å². The van der Waals surface area contributed by atoms with Crippen LogP contribution >= 0.6 is 15.9 Å². The molecule has 0 aromatic heterocycles. The summed E-state index contributed by atoms with van der Waals surface area (Å²) in [6.07, 6.45) is 4.08. The number of nitrogens with one attached hydrogen (secondary N) is 1. The molecule has 0 unspecified atom stereocenters. The van der Waals surface area contributed by atoms with E-state index in [0.717, 1.165) is 4.47 Å². The van der Waals surface area contributed by atoms with Crippen LogP contribution in [0.3, 0.4) is 0 Å². The van der Waals surface area contributed by atoms with E-state index >= 15 is 0 Å². The summed E-state index contributed by atoms with van der Waals surface area (Å²) in [5, 5.41) is 2.67. The fourth-order valence-electron chi connectivity index (χ4n) is 0.716. The van der Waals surface area contributed by atoms with Crippen molar-refractivity contribution in [3.05, 3.63) is 41.3 Å². The SMILES string of the molecule is C=CNc1ccc(Br)cc1F.CCCC. The van der Waals surface area contributed by atoms with Gasteiger partial charge in [0.25, 0.3) is 0 Å². The van der Waals surface area contributed by atoms with Gasteiger partial charge in [0.15, 0.2) is 0 Å². The molecule has 0 amide bonds. The number of anilines is 1. The fraction of sp³-hybridized carbons (Fsp3) is 0.333. The maximum absolute atomic E-state index is 12.9. The van der Waals surface area contributed by atoms with E-state index in [1.54, 1.807) is 12.1 Å². The van der Waals surface area contributed by atoms with E-state index < -0.39 is 0 Å². The van der Waals surface area contributed by atoms with E-state index in [2.05, 4.69) is 41.7 Å². The summed E-state index contributed by atoms with van der Waals surface area (Å²) in [5.74, 6) is -0.292. The Morgan fingerprint density at radius 3 is 2.40 bits per heavy atom. The van der Waals surface area contributed by atoms with Crippen molar-refractivity contribution >= 4 is 21.6 Å². The third-order valence-electron chi connectivity index (χ3n) is 1.69. The number of halogens is 2. The van der Waals surface area contributed by atoms with E-state index in [1.807, 2.05) is 0 Å². The Labute approximate surface area is 99.5 Å². The van der Waals surface area contributed by atoms with Gasteiger partial charge in [0.05, 0.1) is 5.69 Å². The Morgan fingerprint density at radius 1 is 1.40 bits per heavy atom. The summed E-state index contributed by atoms with van der Waals surface area (Å²) in [7, 11) is 0. The molecule has 3 heteroatoms. The molecule has 0 spiro atoms. The van der Waals surface area contributed by atoms with Crippen molar-refractivity contribution in [2.75, 3.05) is 5.32 Å². The maximum Gasteiger partial charge on any atom is 0.147 e. The molecule has 1 rings (SSSR count). The number of rotatable bonds is 3. The van der Waals surface area contributed by atoms with Gasteiger partial charge in [0.2, 0.25) is 0 Å². The standard InChI is InChI=1S/C8H7BrFN.C4H10/c1-2-11-8-4-3-6(9)5-7(8)10;1-3-4-2/h2-5,11H,1H2;3-4H2,1-2H3. The molecule has 1 aromatic rings. The van der Waals surface area contributed by atoms with Crippen LogP contribution in [0.2, 0.25) is 0 Å². The van der Waals surface area contributed by atoms with Gasteiger partial charge in [-0.25, -0.2) is 4.39 Å². The van der Waals surface area contributed by atoms with E-state index in [0.29, 0.717) is 5.69 Å². The van der Waals surface area contributed by atoms with Crippen molar-refractivity contribution in [3.63, 3.8) is 0 Å². The minimum absolute atomic E-state index is 0.292. The van der Waals surface area contributed by atoms with Crippen molar-refractivity contribution in [2.24, 2.45) is 0 Å². The summed E-state index contributed by atoms with van der Waals surface area (Å²) >= 11 is 3.15. The fourth-order valence-corrected chi connectivity index (χ4v) is 1.05. The van der Waals surface area contributed by atoms with Crippen molar-refractivity contribution < 1.29 is 4.39 Å². The third kappa shape index (κ3) is 6.28. The Balaban J connectivity index is 0.000000423. The molecular formula is C12H17BrFN.